The largest absolute Gasteiger partial charge is 0.494 e. The molecule has 0 saturated heterocycles. The third-order valence-corrected chi connectivity index (χ3v) is 2.48. The maximum atomic E-state index is 11.5. The van der Waals surface area contributed by atoms with Gasteiger partial charge in [-0.25, -0.2) is 4.79 Å². The molecular formula is C11H18N2O3. The molecule has 0 spiro atoms. The van der Waals surface area contributed by atoms with Crippen molar-refractivity contribution in [1.29, 1.82) is 0 Å². The Hall–Kier alpha value is -1.52. The number of nitrogens with zero attached hydrogens (tertiary/aromatic N) is 1. The van der Waals surface area contributed by atoms with Crippen LogP contribution in [0.3, 0.4) is 0 Å². The van der Waals surface area contributed by atoms with E-state index in [0.29, 0.717) is 6.54 Å². The number of hydrogen-bond donors (Lipinski definition) is 2. The summed E-state index contributed by atoms with van der Waals surface area (Å²) in [6, 6.07) is 0. The van der Waals surface area contributed by atoms with Crippen LogP contribution in [0.15, 0.2) is 9.59 Å². The fraction of sp³-hybridized carbons (Fsp3) is 0.636. The van der Waals surface area contributed by atoms with Crippen LogP contribution in [0.5, 0.6) is 5.88 Å². The van der Waals surface area contributed by atoms with Crippen molar-refractivity contribution in [2.24, 2.45) is 5.41 Å². The summed E-state index contributed by atoms with van der Waals surface area (Å²) in [5, 5.41) is 9.70. The highest BCUT2D eigenvalue weighted by Crippen LogP contribution is 2.20. The second-order valence-corrected chi connectivity index (χ2v) is 5.17. The molecule has 0 saturated carbocycles. The summed E-state index contributed by atoms with van der Waals surface area (Å²) in [6.07, 6.45) is 0.742. The average Bonchev–Trinajstić information content (AvgIpc) is 2.12. The van der Waals surface area contributed by atoms with Crippen molar-refractivity contribution in [3.05, 3.63) is 26.4 Å². The monoisotopic (exact) mass is 226 g/mol. The zero-order chi connectivity index (χ0) is 12.5. The Kier molecular flexibility index (Phi) is 3.26. The first-order valence-corrected chi connectivity index (χ1v) is 5.25. The molecule has 0 aliphatic carbocycles. The van der Waals surface area contributed by atoms with Gasteiger partial charge in [-0.2, -0.15) is 0 Å². The molecule has 0 aliphatic heterocycles. The minimum absolute atomic E-state index is 0.0654. The van der Waals surface area contributed by atoms with Crippen molar-refractivity contribution in [1.82, 2.24) is 9.55 Å². The lowest BCUT2D eigenvalue weighted by Crippen LogP contribution is -2.32. The second kappa shape index (κ2) is 4.15. The average molecular weight is 226 g/mol. The summed E-state index contributed by atoms with van der Waals surface area (Å²) in [4.78, 5) is 24.8. The number of H-pyrrole nitrogens is 1. The molecule has 0 bridgehead atoms. The van der Waals surface area contributed by atoms with Crippen molar-refractivity contribution in [3.63, 3.8) is 0 Å². The van der Waals surface area contributed by atoms with Crippen LogP contribution in [-0.2, 0) is 6.54 Å². The number of nitrogens with one attached hydrogen (secondary N) is 1. The Morgan fingerprint density at radius 3 is 2.38 bits per heavy atom. The lowest BCUT2D eigenvalue weighted by atomic mass is 9.92. The number of rotatable bonds is 2. The predicted octanol–water partition coefficient (Wildman–Crippen LogP) is 0.987. The summed E-state index contributed by atoms with van der Waals surface area (Å²) in [5.41, 5.74) is -0.851. The van der Waals surface area contributed by atoms with E-state index in [4.69, 9.17) is 0 Å². The van der Waals surface area contributed by atoms with Crippen LogP contribution in [0, 0.1) is 12.3 Å². The van der Waals surface area contributed by atoms with Crippen LogP contribution < -0.4 is 11.2 Å². The SMILES string of the molecule is Cc1c(O)n(CCC(C)(C)C)c(=O)[nH]c1=O. The van der Waals surface area contributed by atoms with E-state index in [1.165, 1.54) is 11.5 Å². The van der Waals surface area contributed by atoms with E-state index in [1.54, 1.807) is 0 Å². The van der Waals surface area contributed by atoms with Crippen LogP contribution in [0.2, 0.25) is 0 Å². The summed E-state index contributed by atoms with van der Waals surface area (Å²) in [6.45, 7) is 8.03. The van der Waals surface area contributed by atoms with Crippen molar-refractivity contribution >= 4 is 0 Å². The minimum Gasteiger partial charge on any atom is -0.494 e. The Labute approximate surface area is 93.8 Å². The van der Waals surface area contributed by atoms with Gasteiger partial charge < -0.3 is 5.11 Å². The van der Waals surface area contributed by atoms with Gasteiger partial charge >= 0.3 is 5.69 Å². The van der Waals surface area contributed by atoms with E-state index >= 15 is 0 Å². The highest BCUT2D eigenvalue weighted by atomic mass is 16.3. The second-order valence-electron chi connectivity index (χ2n) is 5.17. The molecule has 1 aromatic heterocycles. The highest BCUT2D eigenvalue weighted by molar-refractivity contribution is 5.20. The zero-order valence-corrected chi connectivity index (χ0v) is 10.1. The first-order valence-electron chi connectivity index (χ1n) is 5.25. The molecular weight excluding hydrogens is 208 g/mol. The molecule has 5 heteroatoms. The van der Waals surface area contributed by atoms with Gasteiger partial charge in [-0.05, 0) is 18.8 Å². The Morgan fingerprint density at radius 2 is 1.88 bits per heavy atom. The fourth-order valence-electron chi connectivity index (χ4n) is 1.31. The molecule has 0 fully saturated rings. The third-order valence-electron chi connectivity index (χ3n) is 2.48. The van der Waals surface area contributed by atoms with Gasteiger partial charge in [-0.1, -0.05) is 20.8 Å². The number of aromatic amines is 1. The molecule has 16 heavy (non-hydrogen) atoms. The molecule has 0 radical (unpaired) electrons. The zero-order valence-electron chi connectivity index (χ0n) is 10.1. The van der Waals surface area contributed by atoms with Gasteiger partial charge in [-0.3, -0.25) is 14.3 Å². The van der Waals surface area contributed by atoms with Crippen LogP contribution in [0.1, 0.15) is 32.8 Å². The van der Waals surface area contributed by atoms with Crippen LogP contribution in [0.25, 0.3) is 0 Å². The van der Waals surface area contributed by atoms with Gasteiger partial charge in [0, 0.05) is 6.54 Å². The molecule has 2 N–H and O–H groups in total. The smallest absolute Gasteiger partial charge is 0.331 e. The highest BCUT2D eigenvalue weighted by Gasteiger charge is 2.14. The van der Waals surface area contributed by atoms with E-state index < -0.39 is 11.2 Å². The molecule has 0 aliphatic rings. The molecule has 0 amide bonds. The van der Waals surface area contributed by atoms with E-state index in [2.05, 4.69) is 4.98 Å². The van der Waals surface area contributed by atoms with Crippen molar-refractivity contribution < 1.29 is 5.11 Å². The van der Waals surface area contributed by atoms with Gasteiger partial charge in [0.1, 0.15) is 0 Å². The van der Waals surface area contributed by atoms with E-state index in [-0.39, 0.29) is 16.9 Å². The van der Waals surface area contributed by atoms with Gasteiger partial charge in [0.15, 0.2) is 0 Å². The number of hydrogen-bond acceptors (Lipinski definition) is 3. The van der Waals surface area contributed by atoms with Crippen LogP contribution >= 0.6 is 0 Å². The molecule has 0 atom stereocenters. The molecule has 1 aromatic rings. The molecule has 1 rings (SSSR count). The summed E-state index contributed by atoms with van der Waals surface area (Å²) < 4.78 is 1.20. The Bertz CT molecular complexity index is 491. The van der Waals surface area contributed by atoms with Crippen LogP contribution in [0.4, 0.5) is 0 Å². The first-order chi connectivity index (χ1) is 7.22. The molecule has 1 heterocycles. The Balaban J connectivity index is 3.11. The number of aromatic hydroxyl groups is 1. The lowest BCUT2D eigenvalue weighted by Gasteiger charge is -2.19. The lowest BCUT2D eigenvalue weighted by molar-refractivity contribution is 0.321. The summed E-state index contributed by atoms with van der Waals surface area (Å²) >= 11 is 0. The molecule has 5 nitrogen and oxygen atoms in total. The Morgan fingerprint density at radius 1 is 1.31 bits per heavy atom. The van der Waals surface area contributed by atoms with Crippen LogP contribution in [-0.4, -0.2) is 14.7 Å². The van der Waals surface area contributed by atoms with Gasteiger partial charge in [0.2, 0.25) is 5.88 Å². The minimum atomic E-state index is -0.558. The molecule has 0 aromatic carbocycles. The molecule has 90 valence electrons. The fourth-order valence-corrected chi connectivity index (χ4v) is 1.31. The quantitative estimate of drug-likeness (QED) is 0.789. The van der Waals surface area contributed by atoms with Gasteiger partial charge in [-0.15, -0.1) is 0 Å². The normalized spacial score (nSPS) is 11.8. The van der Waals surface area contributed by atoms with E-state index in [1.807, 2.05) is 20.8 Å². The van der Waals surface area contributed by atoms with Gasteiger partial charge in [0.05, 0.1) is 5.56 Å². The van der Waals surface area contributed by atoms with Crippen molar-refractivity contribution in [2.45, 2.75) is 40.7 Å². The summed E-state index contributed by atoms with van der Waals surface area (Å²) in [7, 11) is 0. The van der Waals surface area contributed by atoms with Gasteiger partial charge in [0.25, 0.3) is 5.56 Å². The van der Waals surface area contributed by atoms with E-state index in [0.717, 1.165) is 6.42 Å². The topological polar surface area (TPSA) is 75.1 Å². The van der Waals surface area contributed by atoms with Crippen molar-refractivity contribution in [2.75, 3.05) is 0 Å². The first kappa shape index (κ1) is 12.5. The predicted molar refractivity (Wildman–Crippen MR) is 61.8 cm³/mol. The maximum Gasteiger partial charge on any atom is 0.331 e. The molecule has 0 unspecified atom stereocenters. The number of aromatic nitrogens is 2. The standard InChI is InChI=1S/C11H18N2O3/c1-7-8(14)12-10(16)13(9(7)15)6-5-11(2,3)4/h15H,5-6H2,1-4H3,(H,12,14,16). The maximum absolute atomic E-state index is 11.5. The summed E-state index contributed by atoms with van der Waals surface area (Å²) in [5.74, 6) is -0.238. The third kappa shape index (κ3) is 2.74. The van der Waals surface area contributed by atoms with E-state index in [9.17, 15) is 14.7 Å². The van der Waals surface area contributed by atoms with Crippen molar-refractivity contribution in [3.8, 4) is 5.88 Å².